The normalized spacial score (nSPS) is 14.3. The summed E-state index contributed by atoms with van der Waals surface area (Å²) in [5.41, 5.74) is 5.70. The molecule has 5 rings (SSSR count). The number of amidine groups is 1. The number of allylic oxidation sites excluding steroid dienone is 4. The standard InChI is InChI=1S/C41H38N4O5S/c1-6-8-19-33(7-2)45-39(48)35(25-32-24-27(3)44(28(32)4)34-22-20-31(21-23-34)40(49)50-5)38(47)43-41(45)51-26-36(46)42-37(29-15-11-9-12-16-29)30-17-13-10-14-18-30/h6-25,37H,1,26H2,2-5H3,(H,42,46)/b19-8-,33-7+,35-25+. The first kappa shape index (κ1) is 36.3. The van der Waals surface area contributed by atoms with Gasteiger partial charge in [0.2, 0.25) is 5.91 Å². The Kier molecular flexibility index (Phi) is 11.8. The minimum absolute atomic E-state index is 0.0891. The topological polar surface area (TPSA) is 110 Å². The maximum absolute atomic E-state index is 14.2. The first-order valence-corrected chi connectivity index (χ1v) is 17.2. The number of aromatic nitrogens is 1. The van der Waals surface area contributed by atoms with Crippen molar-refractivity contribution < 1.29 is 23.9 Å². The predicted octanol–water partition coefficient (Wildman–Crippen LogP) is 7.27. The molecule has 0 unspecified atom stereocenters. The van der Waals surface area contributed by atoms with Crippen molar-refractivity contribution in [3.8, 4) is 5.69 Å². The van der Waals surface area contributed by atoms with Gasteiger partial charge in [0.05, 0.1) is 24.5 Å². The van der Waals surface area contributed by atoms with E-state index >= 15 is 0 Å². The Morgan fingerprint density at radius 3 is 2.16 bits per heavy atom. The van der Waals surface area contributed by atoms with Gasteiger partial charge in [0.15, 0.2) is 5.17 Å². The molecule has 4 aromatic rings. The van der Waals surface area contributed by atoms with E-state index in [1.165, 1.54) is 12.0 Å². The van der Waals surface area contributed by atoms with E-state index in [0.29, 0.717) is 16.8 Å². The van der Waals surface area contributed by atoms with E-state index in [0.717, 1.165) is 40.0 Å². The van der Waals surface area contributed by atoms with Gasteiger partial charge in [-0.2, -0.15) is 4.99 Å². The highest BCUT2D eigenvalue weighted by Gasteiger charge is 2.35. The van der Waals surface area contributed by atoms with Crippen molar-refractivity contribution >= 4 is 46.7 Å². The molecule has 10 heteroatoms. The molecule has 0 saturated heterocycles. The van der Waals surface area contributed by atoms with Crippen LogP contribution in [0.4, 0.5) is 0 Å². The van der Waals surface area contributed by atoms with Crippen LogP contribution in [-0.2, 0) is 19.1 Å². The molecule has 0 bridgehead atoms. The number of carbonyl (C=O) groups excluding carboxylic acids is 4. The van der Waals surface area contributed by atoms with Gasteiger partial charge in [-0.3, -0.25) is 19.3 Å². The molecule has 0 fully saturated rings. The molecular formula is C41H38N4O5S. The highest BCUT2D eigenvalue weighted by atomic mass is 32.2. The molecule has 1 N–H and O–H groups in total. The summed E-state index contributed by atoms with van der Waals surface area (Å²) in [4.78, 5) is 58.8. The van der Waals surface area contributed by atoms with Crippen LogP contribution in [0, 0.1) is 13.8 Å². The largest absolute Gasteiger partial charge is 0.465 e. The van der Waals surface area contributed by atoms with Crippen LogP contribution < -0.4 is 5.32 Å². The highest BCUT2D eigenvalue weighted by molar-refractivity contribution is 8.14. The predicted molar refractivity (Wildman–Crippen MR) is 202 cm³/mol. The number of rotatable bonds is 11. The lowest BCUT2D eigenvalue weighted by Gasteiger charge is -2.28. The van der Waals surface area contributed by atoms with Crippen molar-refractivity contribution in [2.75, 3.05) is 12.9 Å². The minimum Gasteiger partial charge on any atom is -0.465 e. The smallest absolute Gasteiger partial charge is 0.337 e. The first-order chi connectivity index (χ1) is 24.7. The Morgan fingerprint density at radius 1 is 0.961 bits per heavy atom. The second-order valence-corrected chi connectivity index (χ2v) is 12.5. The van der Waals surface area contributed by atoms with Gasteiger partial charge in [-0.25, -0.2) is 4.79 Å². The number of ether oxygens (including phenoxy) is 1. The average Bonchev–Trinajstić information content (AvgIpc) is 3.44. The number of amides is 3. The van der Waals surface area contributed by atoms with E-state index in [2.05, 4.69) is 16.9 Å². The molecule has 51 heavy (non-hydrogen) atoms. The quantitative estimate of drug-likeness (QED) is 0.0764. The third kappa shape index (κ3) is 8.25. The zero-order chi connectivity index (χ0) is 36.5. The molecule has 3 aromatic carbocycles. The number of thioether (sulfide) groups is 1. The van der Waals surface area contributed by atoms with Crippen LogP contribution in [0.5, 0.6) is 0 Å². The average molecular weight is 699 g/mol. The van der Waals surface area contributed by atoms with Gasteiger partial charge in [-0.15, -0.1) is 0 Å². The second kappa shape index (κ2) is 16.6. The van der Waals surface area contributed by atoms with E-state index in [1.54, 1.807) is 61.6 Å². The molecule has 0 spiro atoms. The van der Waals surface area contributed by atoms with Gasteiger partial charge < -0.3 is 14.6 Å². The molecule has 2 heterocycles. The summed E-state index contributed by atoms with van der Waals surface area (Å²) in [5.74, 6) is -2.10. The zero-order valence-electron chi connectivity index (χ0n) is 28.8. The fourth-order valence-corrected chi connectivity index (χ4v) is 6.55. The molecule has 0 atom stereocenters. The second-order valence-electron chi connectivity index (χ2n) is 11.5. The van der Waals surface area contributed by atoms with Crippen molar-refractivity contribution in [2.24, 2.45) is 4.99 Å². The van der Waals surface area contributed by atoms with E-state index in [-0.39, 0.29) is 22.4 Å². The summed E-state index contributed by atoms with van der Waals surface area (Å²) >= 11 is 1.01. The fourth-order valence-electron chi connectivity index (χ4n) is 5.74. The summed E-state index contributed by atoms with van der Waals surface area (Å²) in [5, 5.41) is 3.19. The van der Waals surface area contributed by atoms with E-state index in [1.807, 2.05) is 85.1 Å². The Labute approximate surface area is 301 Å². The zero-order valence-corrected chi connectivity index (χ0v) is 29.6. The number of nitrogens with one attached hydrogen (secondary N) is 1. The fraction of sp³-hybridized carbons (Fsp3) is 0.146. The van der Waals surface area contributed by atoms with Gasteiger partial charge in [0, 0.05) is 22.8 Å². The summed E-state index contributed by atoms with van der Waals surface area (Å²) < 4.78 is 6.78. The van der Waals surface area contributed by atoms with E-state index in [9.17, 15) is 19.2 Å². The van der Waals surface area contributed by atoms with Gasteiger partial charge in [-0.05, 0) is 79.9 Å². The Hall–Kier alpha value is -6.00. The number of aryl methyl sites for hydroxylation is 1. The summed E-state index contributed by atoms with van der Waals surface area (Å²) in [6.07, 6.45) is 8.23. The van der Waals surface area contributed by atoms with Crippen molar-refractivity contribution in [1.29, 1.82) is 0 Å². The molecule has 0 aliphatic carbocycles. The van der Waals surface area contributed by atoms with Crippen molar-refractivity contribution in [2.45, 2.75) is 26.8 Å². The number of aliphatic imine (C=N–C) groups is 1. The molecule has 1 aliphatic heterocycles. The Balaban J connectivity index is 1.44. The maximum Gasteiger partial charge on any atom is 0.337 e. The lowest BCUT2D eigenvalue weighted by molar-refractivity contribution is -0.126. The lowest BCUT2D eigenvalue weighted by atomic mass is 9.99. The number of hydrogen-bond acceptors (Lipinski definition) is 6. The van der Waals surface area contributed by atoms with Crippen LogP contribution in [0.3, 0.4) is 0 Å². The highest BCUT2D eigenvalue weighted by Crippen LogP contribution is 2.29. The number of esters is 1. The van der Waals surface area contributed by atoms with Gasteiger partial charge in [0.25, 0.3) is 11.8 Å². The number of methoxy groups -OCH3 is 1. The van der Waals surface area contributed by atoms with Gasteiger partial charge in [0.1, 0.15) is 5.57 Å². The minimum atomic E-state index is -0.707. The molecule has 1 aliphatic rings. The molecular weight excluding hydrogens is 661 g/mol. The Bertz CT molecular complexity index is 2040. The lowest BCUT2D eigenvalue weighted by Crippen LogP contribution is -2.42. The van der Waals surface area contributed by atoms with E-state index < -0.39 is 23.8 Å². The number of carbonyl (C=O) groups is 4. The third-order valence-electron chi connectivity index (χ3n) is 8.23. The van der Waals surface area contributed by atoms with Crippen molar-refractivity contribution in [3.63, 3.8) is 0 Å². The molecule has 3 amide bonds. The first-order valence-electron chi connectivity index (χ1n) is 16.2. The van der Waals surface area contributed by atoms with Crippen molar-refractivity contribution in [1.82, 2.24) is 14.8 Å². The molecule has 1 aromatic heterocycles. The van der Waals surface area contributed by atoms with Crippen LogP contribution in [-0.4, -0.2) is 51.2 Å². The van der Waals surface area contributed by atoms with E-state index in [4.69, 9.17) is 4.74 Å². The van der Waals surface area contributed by atoms with Crippen molar-refractivity contribution in [3.05, 3.63) is 167 Å². The number of nitrogens with zero attached hydrogens (tertiary/aromatic N) is 3. The maximum atomic E-state index is 14.2. The number of benzene rings is 3. The summed E-state index contributed by atoms with van der Waals surface area (Å²) in [6.45, 7) is 9.30. The summed E-state index contributed by atoms with van der Waals surface area (Å²) in [7, 11) is 1.33. The SMILES string of the molecule is C=C/C=C\C(=C/C)N1C(=O)/C(=C/c2cc(C)n(-c3ccc(C(=O)OC)cc3)c2C)C(=O)N=C1SCC(=O)NC(c1ccccc1)c1ccccc1. The molecule has 0 saturated carbocycles. The van der Waals surface area contributed by atoms with Gasteiger partial charge >= 0.3 is 5.97 Å². The van der Waals surface area contributed by atoms with Crippen LogP contribution in [0.15, 0.2) is 138 Å². The van der Waals surface area contributed by atoms with Crippen LogP contribution >= 0.6 is 11.8 Å². The third-order valence-corrected chi connectivity index (χ3v) is 9.17. The summed E-state index contributed by atoms with van der Waals surface area (Å²) in [6, 6.07) is 27.7. The van der Waals surface area contributed by atoms with Crippen LogP contribution in [0.25, 0.3) is 11.8 Å². The molecule has 9 nitrogen and oxygen atoms in total. The van der Waals surface area contributed by atoms with Crippen LogP contribution in [0.2, 0.25) is 0 Å². The molecule has 0 radical (unpaired) electrons. The molecule has 258 valence electrons. The number of hydrogen-bond donors (Lipinski definition) is 1. The van der Waals surface area contributed by atoms with Crippen LogP contribution in [0.1, 0.15) is 51.4 Å². The monoisotopic (exact) mass is 698 g/mol. The van der Waals surface area contributed by atoms with Gasteiger partial charge in [-0.1, -0.05) is 97.2 Å². The Morgan fingerprint density at radius 2 is 1.59 bits per heavy atom.